The van der Waals surface area contributed by atoms with E-state index in [2.05, 4.69) is 10.3 Å². The third-order valence-corrected chi connectivity index (χ3v) is 6.10. The van der Waals surface area contributed by atoms with E-state index in [1.807, 2.05) is 85.8 Å². The standard InChI is InChI=1S/C31H26N2O4/c1-20(19-37-30-12-5-8-21-7-3-4-9-25(21)30)15-27-26(31(34)35)10-6-11-29(27)33-23-16-22-17-24(36-2)13-14-28(22)32-18-23/h3-18,33H,19H2,1-2H3,(H,34,35). The molecule has 1 heterocycles. The fourth-order valence-electron chi connectivity index (χ4n) is 4.28. The van der Waals surface area contributed by atoms with Gasteiger partial charge in [0.15, 0.2) is 0 Å². The maximum atomic E-state index is 12.1. The van der Waals surface area contributed by atoms with E-state index in [9.17, 15) is 9.90 Å². The van der Waals surface area contributed by atoms with Crippen LogP contribution in [0.5, 0.6) is 11.5 Å². The second-order valence-electron chi connectivity index (χ2n) is 8.74. The smallest absolute Gasteiger partial charge is 0.336 e. The van der Waals surface area contributed by atoms with Gasteiger partial charge in [-0.25, -0.2) is 4.79 Å². The van der Waals surface area contributed by atoms with Gasteiger partial charge in [-0.15, -0.1) is 0 Å². The van der Waals surface area contributed by atoms with E-state index in [1.165, 1.54) is 0 Å². The first-order valence-electron chi connectivity index (χ1n) is 11.9. The van der Waals surface area contributed by atoms with Gasteiger partial charge >= 0.3 is 5.97 Å². The third kappa shape index (κ3) is 5.23. The Labute approximate surface area is 214 Å². The molecule has 0 spiro atoms. The number of rotatable bonds is 8. The minimum atomic E-state index is -1.00. The highest BCUT2D eigenvalue weighted by Gasteiger charge is 2.14. The summed E-state index contributed by atoms with van der Waals surface area (Å²) in [6.07, 6.45) is 3.58. The van der Waals surface area contributed by atoms with Crippen LogP contribution in [0, 0.1) is 0 Å². The molecule has 0 unspecified atom stereocenters. The van der Waals surface area contributed by atoms with E-state index in [-0.39, 0.29) is 5.56 Å². The molecule has 0 saturated heterocycles. The number of hydrogen-bond acceptors (Lipinski definition) is 5. The van der Waals surface area contributed by atoms with Crippen LogP contribution in [0.1, 0.15) is 22.8 Å². The summed E-state index contributed by atoms with van der Waals surface area (Å²) in [4.78, 5) is 16.6. The van der Waals surface area contributed by atoms with Gasteiger partial charge < -0.3 is 19.9 Å². The Morgan fingerprint density at radius 2 is 1.78 bits per heavy atom. The number of nitrogens with one attached hydrogen (secondary N) is 1. The average molecular weight is 491 g/mol. The number of aromatic nitrogens is 1. The predicted molar refractivity (Wildman–Crippen MR) is 148 cm³/mol. The largest absolute Gasteiger partial charge is 0.497 e. The van der Waals surface area contributed by atoms with Gasteiger partial charge in [0, 0.05) is 22.0 Å². The van der Waals surface area contributed by atoms with Gasteiger partial charge in [0.1, 0.15) is 18.1 Å². The number of carboxylic acid groups (broad SMARTS) is 1. The number of ether oxygens (including phenoxy) is 2. The van der Waals surface area contributed by atoms with Crippen molar-refractivity contribution in [1.82, 2.24) is 4.98 Å². The fraction of sp³-hybridized carbons (Fsp3) is 0.0968. The van der Waals surface area contributed by atoms with Gasteiger partial charge in [-0.3, -0.25) is 4.98 Å². The Balaban J connectivity index is 1.45. The molecule has 4 aromatic carbocycles. The number of benzene rings is 4. The molecule has 0 radical (unpaired) electrons. The van der Waals surface area contributed by atoms with E-state index in [0.29, 0.717) is 17.9 Å². The molecule has 0 fully saturated rings. The first-order chi connectivity index (χ1) is 18.0. The molecule has 5 aromatic rings. The van der Waals surface area contributed by atoms with E-state index in [1.54, 1.807) is 25.4 Å². The molecule has 0 aliphatic rings. The number of carbonyl (C=O) groups is 1. The van der Waals surface area contributed by atoms with Gasteiger partial charge in [-0.05, 0) is 66.4 Å². The monoisotopic (exact) mass is 490 g/mol. The highest BCUT2D eigenvalue weighted by Crippen LogP contribution is 2.30. The Hall–Kier alpha value is -4.84. The number of methoxy groups -OCH3 is 1. The molecular weight excluding hydrogens is 464 g/mol. The van der Waals surface area contributed by atoms with E-state index < -0.39 is 5.97 Å². The summed E-state index contributed by atoms with van der Waals surface area (Å²) in [5.41, 5.74) is 3.89. The second kappa shape index (κ2) is 10.4. The molecular formula is C31H26N2O4. The lowest BCUT2D eigenvalue weighted by molar-refractivity contribution is 0.0696. The molecule has 6 heteroatoms. The molecule has 184 valence electrons. The summed E-state index contributed by atoms with van der Waals surface area (Å²) in [5.74, 6) is 0.525. The molecule has 5 rings (SSSR count). The summed E-state index contributed by atoms with van der Waals surface area (Å²) in [6.45, 7) is 2.25. The summed E-state index contributed by atoms with van der Waals surface area (Å²) in [5, 5.41) is 16.3. The quantitative estimate of drug-likeness (QED) is 0.237. The van der Waals surface area contributed by atoms with E-state index >= 15 is 0 Å². The average Bonchev–Trinajstić information content (AvgIpc) is 2.92. The summed E-state index contributed by atoms with van der Waals surface area (Å²) < 4.78 is 11.5. The van der Waals surface area contributed by atoms with Crippen molar-refractivity contribution in [1.29, 1.82) is 0 Å². The van der Waals surface area contributed by atoms with Crippen molar-refractivity contribution in [2.24, 2.45) is 0 Å². The first-order valence-corrected chi connectivity index (χ1v) is 11.9. The van der Waals surface area contributed by atoms with Crippen LogP contribution in [0.25, 0.3) is 27.8 Å². The van der Waals surface area contributed by atoms with Gasteiger partial charge in [-0.2, -0.15) is 0 Å². The van der Waals surface area contributed by atoms with Gasteiger partial charge in [0.05, 0.1) is 30.1 Å². The lowest BCUT2D eigenvalue weighted by atomic mass is 10.0. The van der Waals surface area contributed by atoms with Crippen molar-refractivity contribution >= 4 is 45.1 Å². The number of pyridine rings is 1. The molecule has 2 N–H and O–H groups in total. The highest BCUT2D eigenvalue weighted by molar-refractivity contribution is 5.96. The van der Waals surface area contributed by atoms with Crippen molar-refractivity contribution < 1.29 is 19.4 Å². The Bertz CT molecular complexity index is 1640. The van der Waals surface area contributed by atoms with Crippen molar-refractivity contribution in [2.75, 3.05) is 19.0 Å². The summed E-state index contributed by atoms with van der Waals surface area (Å²) in [7, 11) is 1.62. The van der Waals surface area contributed by atoms with Crippen molar-refractivity contribution in [3.63, 3.8) is 0 Å². The molecule has 0 bridgehead atoms. The normalized spacial score (nSPS) is 11.5. The molecule has 0 atom stereocenters. The van der Waals surface area contributed by atoms with Crippen LogP contribution >= 0.6 is 0 Å². The van der Waals surface area contributed by atoms with Gasteiger partial charge in [0.25, 0.3) is 0 Å². The van der Waals surface area contributed by atoms with Gasteiger partial charge in [-0.1, -0.05) is 42.5 Å². The molecule has 0 aliphatic carbocycles. The number of aromatic carboxylic acids is 1. The molecule has 37 heavy (non-hydrogen) atoms. The lowest BCUT2D eigenvalue weighted by Gasteiger charge is -2.14. The maximum absolute atomic E-state index is 12.1. The number of carboxylic acids is 1. The van der Waals surface area contributed by atoms with E-state index in [0.717, 1.165) is 44.4 Å². The zero-order valence-electron chi connectivity index (χ0n) is 20.6. The zero-order valence-corrected chi connectivity index (χ0v) is 20.6. The first kappa shape index (κ1) is 23.9. The summed E-state index contributed by atoms with van der Waals surface area (Å²) in [6, 6.07) is 26.8. The molecule has 0 amide bonds. The van der Waals surface area contributed by atoms with Crippen LogP contribution in [0.2, 0.25) is 0 Å². The number of fused-ring (bicyclic) bond motifs is 2. The Morgan fingerprint density at radius 1 is 0.973 bits per heavy atom. The predicted octanol–water partition coefficient (Wildman–Crippen LogP) is 7.32. The van der Waals surface area contributed by atoms with Crippen molar-refractivity contribution in [2.45, 2.75) is 6.92 Å². The van der Waals surface area contributed by atoms with Crippen LogP contribution in [0.4, 0.5) is 11.4 Å². The van der Waals surface area contributed by atoms with Crippen LogP contribution < -0.4 is 14.8 Å². The molecule has 0 saturated carbocycles. The van der Waals surface area contributed by atoms with Crippen LogP contribution in [0.3, 0.4) is 0 Å². The Morgan fingerprint density at radius 3 is 2.62 bits per heavy atom. The van der Waals surface area contributed by atoms with Gasteiger partial charge in [0.2, 0.25) is 0 Å². The second-order valence-corrected chi connectivity index (χ2v) is 8.74. The number of hydrogen-bond donors (Lipinski definition) is 2. The fourth-order valence-corrected chi connectivity index (χ4v) is 4.28. The molecule has 6 nitrogen and oxygen atoms in total. The third-order valence-electron chi connectivity index (χ3n) is 6.10. The minimum absolute atomic E-state index is 0.199. The van der Waals surface area contributed by atoms with Crippen molar-refractivity contribution in [3.05, 3.63) is 108 Å². The SMILES string of the molecule is COc1ccc2ncc(Nc3cccc(C(=O)O)c3C=C(C)COc3cccc4ccccc34)cc2c1. The molecule has 1 aromatic heterocycles. The minimum Gasteiger partial charge on any atom is -0.497 e. The number of nitrogens with zero attached hydrogens (tertiary/aromatic N) is 1. The van der Waals surface area contributed by atoms with Crippen LogP contribution in [-0.4, -0.2) is 29.8 Å². The lowest BCUT2D eigenvalue weighted by Crippen LogP contribution is -2.05. The van der Waals surface area contributed by atoms with E-state index in [4.69, 9.17) is 9.47 Å². The van der Waals surface area contributed by atoms with Crippen LogP contribution in [0.15, 0.2) is 96.7 Å². The maximum Gasteiger partial charge on any atom is 0.336 e. The Kier molecular flexibility index (Phi) is 6.72. The van der Waals surface area contributed by atoms with Crippen LogP contribution in [-0.2, 0) is 0 Å². The van der Waals surface area contributed by atoms with Crippen molar-refractivity contribution in [3.8, 4) is 11.5 Å². The number of anilines is 2. The molecule has 0 aliphatic heterocycles. The summed E-state index contributed by atoms with van der Waals surface area (Å²) >= 11 is 0. The zero-order chi connectivity index (χ0) is 25.8. The topological polar surface area (TPSA) is 80.7 Å². The highest BCUT2D eigenvalue weighted by atomic mass is 16.5.